The maximum Gasteiger partial charge on any atom is 0.433 e. The number of carbonyl (C=O) groups excluding carboxylic acids is 1. The highest BCUT2D eigenvalue weighted by molar-refractivity contribution is 7.91. The molecule has 2 heterocycles. The molecule has 0 aliphatic heterocycles. The molecule has 158 valence electrons. The van der Waals surface area contributed by atoms with Gasteiger partial charge in [-0.05, 0) is 37.8 Å². The maximum atomic E-state index is 13.3. The average molecular weight is 438 g/mol. The molecule has 8 nitrogen and oxygen atoms in total. The van der Waals surface area contributed by atoms with Crippen molar-refractivity contribution < 1.29 is 31.0 Å². The molecule has 0 fully saturated rings. The highest BCUT2D eigenvalue weighted by atomic mass is 32.2. The molecule has 3 N–H and O–H groups in total. The third kappa shape index (κ3) is 4.22. The molecule has 1 aliphatic carbocycles. The minimum Gasteiger partial charge on any atom is -0.305 e. The van der Waals surface area contributed by atoms with Crippen LogP contribution in [-0.2, 0) is 28.9 Å². The first kappa shape index (κ1) is 21.1. The fourth-order valence-electron chi connectivity index (χ4n) is 3.01. The number of urea groups is 1. The third-order valence-corrected chi connectivity index (χ3v) is 5.52. The zero-order valence-corrected chi connectivity index (χ0v) is 15.7. The Morgan fingerprint density at radius 2 is 2.07 bits per heavy atom. The Morgan fingerprint density at radius 3 is 2.66 bits per heavy atom. The standard InChI is InChI=1S/C15H15F5N6O2S/c1-7-11(8-3-2-4-9(8)22-12(7)15(18,19)20)23-14(27)25-29(21,28)10-5-6-26(24-10)13(16)17/h5-6,13H,2-4H2,1H3,(H3,21,22,23,25,27,28). The molecule has 14 heteroatoms. The number of hydrogen-bond acceptors (Lipinski definition) is 4. The lowest BCUT2D eigenvalue weighted by Crippen LogP contribution is -2.21. The van der Waals surface area contributed by atoms with Crippen LogP contribution in [0.4, 0.5) is 32.4 Å². The Balaban J connectivity index is 1.97. The van der Waals surface area contributed by atoms with Gasteiger partial charge in [0.25, 0.3) is 0 Å². The van der Waals surface area contributed by atoms with E-state index in [1.54, 1.807) is 0 Å². The topological polar surface area (TPSA) is 115 Å². The number of nitrogens with two attached hydrogens (primary N) is 1. The lowest BCUT2D eigenvalue weighted by atomic mass is 10.1. The number of aromatic nitrogens is 3. The van der Waals surface area contributed by atoms with E-state index in [4.69, 9.17) is 5.14 Å². The normalized spacial score (nSPS) is 15.9. The first-order valence-electron chi connectivity index (χ1n) is 8.19. The number of nitrogens with zero attached hydrogens (tertiary/aromatic N) is 4. The van der Waals surface area contributed by atoms with Crippen molar-refractivity contribution in [2.75, 3.05) is 5.32 Å². The maximum absolute atomic E-state index is 13.3. The van der Waals surface area contributed by atoms with Crippen molar-refractivity contribution in [2.45, 2.75) is 43.9 Å². The van der Waals surface area contributed by atoms with Crippen LogP contribution in [0.15, 0.2) is 21.7 Å². The summed E-state index contributed by atoms with van der Waals surface area (Å²) in [4.78, 5) is 15.9. The molecule has 0 spiro atoms. The minimum absolute atomic E-state index is 0.123. The zero-order chi connectivity index (χ0) is 21.6. The Kier molecular flexibility index (Phi) is 5.34. The summed E-state index contributed by atoms with van der Waals surface area (Å²) >= 11 is 0. The number of anilines is 1. The summed E-state index contributed by atoms with van der Waals surface area (Å²) < 4.78 is 80.8. The zero-order valence-electron chi connectivity index (χ0n) is 14.8. The number of pyridine rings is 1. The van der Waals surface area contributed by atoms with Crippen molar-refractivity contribution >= 4 is 21.6 Å². The van der Waals surface area contributed by atoms with Crippen LogP contribution in [0.1, 0.15) is 35.5 Å². The second-order valence-corrected chi connectivity index (χ2v) is 7.98. The van der Waals surface area contributed by atoms with Gasteiger partial charge in [-0.25, -0.2) is 23.8 Å². The molecule has 3 rings (SSSR count). The van der Waals surface area contributed by atoms with E-state index in [-0.39, 0.29) is 21.6 Å². The summed E-state index contributed by atoms with van der Waals surface area (Å²) in [6, 6.07) is -0.386. The number of alkyl halides is 5. The molecule has 0 radical (unpaired) electrons. The van der Waals surface area contributed by atoms with Gasteiger partial charge in [0.2, 0.25) is 0 Å². The summed E-state index contributed by atoms with van der Waals surface area (Å²) in [5.74, 6) is 0. The van der Waals surface area contributed by atoms with Gasteiger partial charge in [-0.1, -0.05) is 0 Å². The number of fused-ring (bicyclic) bond motifs is 1. The molecular weight excluding hydrogens is 423 g/mol. The van der Waals surface area contributed by atoms with Crippen molar-refractivity contribution in [1.29, 1.82) is 0 Å². The summed E-state index contributed by atoms with van der Waals surface area (Å²) in [6.07, 6.45) is -2.66. The summed E-state index contributed by atoms with van der Waals surface area (Å²) in [6.45, 7) is -1.87. The third-order valence-electron chi connectivity index (χ3n) is 4.27. The predicted molar refractivity (Wildman–Crippen MR) is 91.5 cm³/mol. The summed E-state index contributed by atoms with van der Waals surface area (Å²) in [5.41, 5.74) is -0.932. The number of nitrogens with one attached hydrogen (secondary N) is 1. The number of aryl methyl sites for hydroxylation is 1. The van der Waals surface area contributed by atoms with Crippen LogP contribution < -0.4 is 10.5 Å². The molecular formula is C15H15F5N6O2S. The lowest BCUT2D eigenvalue weighted by Gasteiger charge is -2.17. The number of carbonyl (C=O) groups is 1. The highest BCUT2D eigenvalue weighted by Gasteiger charge is 2.37. The van der Waals surface area contributed by atoms with Gasteiger partial charge in [-0.3, -0.25) is 0 Å². The van der Waals surface area contributed by atoms with Gasteiger partial charge in [-0.15, -0.1) is 4.36 Å². The molecule has 2 aromatic rings. The fourth-order valence-corrected chi connectivity index (χ4v) is 3.87. The summed E-state index contributed by atoms with van der Waals surface area (Å²) in [7, 11) is -4.00. The largest absolute Gasteiger partial charge is 0.433 e. The SMILES string of the molecule is Cc1c(C(F)(F)F)nc2c(c1NC(=O)N=S(N)(=O)c1ccn(C(F)F)n1)CCC2. The van der Waals surface area contributed by atoms with Gasteiger partial charge in [0.1, 0.15) is 5.69 Å². The second-order valence-electron chi connectivity index (χ2n) is 6.24. The van der Waals surface area contributed by atoms with Crippen LogP contribution in [0.5, 0.6) is 0 Å². The molecule has 0 saturated heterocycles. The van der Waals surface area contributed by atoms with Crippen LogP contribution in [0.3, 0.4) is 0 Å². The highest BCUT2D eigenvalue weighted by Crippen LogP contribution is 2.38. The average Bonchev–Trinajstić information content (AvgIpc) is 3.24. The molecule has 2 amide bonds. The fraction of sp³-hybridized carbons (Fsp3) is 0.400. The van der Waals surface area contributed by atoms with Gasteiger partial charge in [-0.2, -0.15) is 27.1 Å². The minimum atomic E-state index is -4.73. The monoisotopic (exact) mass is 438 g/mol. The number of hydrogen-bond donors (Lipinski definition) is 2. The predicted octanol–water partition coefficient (Wildman–Crippen LogP) is 3.42. The molecule has 0 bridgehead atoms. The van der Waals surface area contributed by atoms with Crippen molar-refractivity contribution in [3.05, 3.63) is 34.8 Å². The van der Waals surface area contributed by atoms with E-state index in [9.17, 15) is 31.0 Å². The Labute approximate surface area is 161 Å². The van der Waals surface area contributed by atoms with Crippen LogP contribution in [0.2, 0.25) is 0 Å². The van der Waals surface area contributed by atoms with Gasteiger partial charge in [0.05, 0.1) is 5.69 Å². The van der Waals surface area contributed by atoms with Gasteiger partial charge < -0.3 is 5.32 Å². The Hall–Kier alpha value is -2.61. The second kappa shape index (κ2) is 7.33. The van der Waals surface area contributed by atoms with Crippen LogP contribution in [0.25, 0.3) is 0 Å². The van der Waals surface area contributed by atoms with E-state index in [0.717, 1.165) is 19.2 Å². The molecule has 1 unspecified atom stereocenters. The molecule has 2 aromatic heterocycles. The molecule has 0 aromatic carbocycles. The van der Waals surface area contributed by atoms with Crippen LogP contribution in [0, 0.1) is 6.92 Å². The quantitative estimate of drug-likeness (QED) is 0.715. The number of amides is 2. The Morgan fingerprint density at radius 1 is 1.38 bits per heavy atom. The smallest absolute Gasteiger partial charge is 0.305 e. The van der Waals surface area contributed by atoms with E-state index in [1.807, 2.05) is 0 Å². The van der Waals surface area contributed by atoms with Crippen LogP contribution >= 0.6 is 0 Å². The van der Waals surface area contributed by atoms with Gasteiger partial charge >= 0.3 is 18.8 Å². The van der Waals surface area contributed by atoms with Gasteiger partial charge in [0.15, 0.2) is 14.9 Å². The summed E-state index contributed by atoms with van der Waals surface area (Å²) in [5, 5.41) is 10.4. The first-order valence-corrected chi connectivity index (χ1v) is 9.76. The molecule has 29 heavy (non-hydrogen) atoms. The Bertz CT molecular complexity index is 1090. The molecule has 1 aliphatic rings. The van der Waals surface area contributed by atoms with Crippen molar-refractivity contribution in [3.8, 4) is 0 Å². The van der Waals surface area contributed by atoms with Crippen molar-refractivity contribution in [1.82, 2.24) is 14.8 Å². The first-order chi connectivity index (χ1) is 13.4. The molecule has 0 saturated carbocycles. The van der Waals surface area contributed by atoms with E-state index >= 15 is 0 Å². The van der Waals surface area contributed by atoms with E-state index in [0.29, 0.717) is 24.8 Å². The number of halogens is 5. The lowest BCUT2D eigenvalue weighted by molar-refractivity contribution is -0.141. The van der Waals surface area contributed by atoms with Crippen LogP contribution in [-0.4, -0.2) is 25.0 Å². The van der Waals surface area contributed by atoms with E-state index < -0.39 is 39.4 Å². The number of rotatable bonds is 3. The van der Waals surface area contributed by atoms with Gasteiger partial charge in [0, 0.05) is 17.5 Å². The van der Waals surface area contributed by atoms with Crippen molar-refractivity contribution in [3.63, 3.8) is 0 Å². The van der Waals surface area contributed by atoms with E-state index in [1.165, 1.54) is 0 Å². The van der Waals surface area contributed by atoms with E-state index in [2.05, 4.69) is 19.8 Å². The van der Waals surface area contributed by atoms with Crippen molar-refractivity contribution in [2.24, 2.45) is 9.50 Å². The molecule has 1 atom stereocenters.